The molecule has 1 aromatic heterocycles. The highest BCUT2D eigenvalue weighted by Gasteiger charge is 2.26. The Hall–Kier alpha value is -1.68. The molecule has 0 bridgehead atoms. The summed E-state index contributed by atoms with van der Waals surface area (Å²) >= 11 is 0. The summed E-state index contributed by atoms with van der Waals surface area (Å²) in [4.78, 5) is 19.5. The van der Waals surface area contributed by atoms with Crippen molar-refractivity contribution in [3.8, 4) is 0 Å². The normalized spacial score (nSPS) is 14.7. The highest BCUT2D eigenvalue weighted by atomic mass is 16.1. The number of rotatable bonds is 4. The Balaban J connectivity index is 2.64. The predicted octanol–water partition coefficient (Wildman–Crippen LogP) is 2.61. The first kappa shape index (κ1) is 12.8. The van der Waals surface area contributed by atoms with Gasteiger partial charge in [-0.1, -0.05) is 13.0 Å². The fourth-order valence-electron chi connectivity index (χ4n) is 2.04. The van der Waals surface area contributed by atoms with Gasteiger partial charge in [0.1, 0.15) is 5.82 Å². The van der Waals surface area contributed by atoms with Crippen LogP contribution in [0, 0.1) is 0 Å². The zero-order valence-electron chi connectivity index (χ0n) is 11.3. The van der Waals surface area contributed by atoms with Crippen molar-refractivity contribution in [2.24, 2.45) is 0 Å². The van der Waals surface area contributed by atoms with E-state index >= 15 is 0 Å². The largest absolute Gasteiger partial charge is 0.340 e. The topological polar surface area (TPSA) is 57.8 Å². The zero-order valence-corrected chi connectivity index (χ0v) is 11.3. The van der Waals surface area contributed by atoms with Crippen LogP contribution in [-0.2, 0) is 5.54 Å². The number of imidazole rings is 1. The SMILES string of the molecule is CC[C@@](C)(NC)c1nc2c(C(C)=O)cccc2[nH]1. The Kier molecular flexibility index (Phi) is 3.22. The van der Waals surface area contributed by atoms with Crippen LogP contribution < -0.4 is 5.32 Å². The lowest BCUT2D eigenvalue weighted by atomic mass is 9.98. The molecular weight excluding hydrogens is 226 g/mol. The molecule has 18 heavy (non-hydrogen) atoms. The zero-order chi connectivity index (χ0) is 13.3. The molecule has 4 nitrogen and oxygen atoms in total. The molecule has 2 rings (SSSR count). The molecule has 0 fully saturated rings. The van der Waals surface area contributed by atoms with E-state index in [1.54, 1.807) is 6.92 Å². The van der Waals surface area contributed by atoms with Gasteiger partial charge in [-0.05, 0) is 39.4 Å². The van der Waals surface area contributed by atoms with Crippen LogP contribution in [0.25, 0.3) is 11.0 Å². The van der Waals surface area contributed by atoms with E-state index in [0.29, 0.717) is 5.56 Å². The summed E-state index contributed by atoms with van der Waals surface area (Å²) in [5.74, 6) is 0.914. The van der Waals surface area contributed by atoms with Crippen molar-refractivity contribution in [2.75, 3.05) is 7.05 Å². The molecule has 0 radical (unpaired) electrons. The lowest BCUT2D eigenvalue weighted by Gasteiger charge is -2.24. The van der Waals surface area contributed by atoms with E-state index in [2.05, 4.69) is 29.1 Å². The maximum atomic E-state index is 11.6. The summed E-state index contributed by atoms with van der Waals surface area (Å²) in [6, 6.07) is 5.64. The second-order valence-corrected chi connectivity index (χ2v) is 4.78. The van der Waals surface area contributed by atoms with Crippen molar-refractivity contribution in [1.82, 2.24) is 15.3 Å². The number of carbonyl (C=O) groups excluding carboxylic acids is 1. The maximum Gasteiger partial charge on any atom is 0.162 e. The van der Waals surface area contributed by atoms with Gasteiger partial charge in [0.25, 0.3) is 0 Å². The van der Waals surface area contributed by atoms with Crippen molar-refractivity contribution in [1.29, 1.82) is 0 Å². The third-order valence-electron chi connectivity index (χ3n) is 3.67. The Bertz CT molecular complexity index is 582. The van der Waals surface area contributed by atoms with Crippen LogP contribution in [0.4, 0.5) is 0 Å². The number of carbonyl (C=O) groups is 1. The lowest BCUT2D eigenvalue weighted by molar-refractivity contribution is 0.101. The van der Waals surface area contributed by atoms with Crippen LogP contribution in [0.2, 0.25) is 0 Å². The van der Waals surface area contributed by atoms with Gasteiger partial charge < -0.3 is 10.3 Å². The third-order valence-corrected chi connectivity index (χ3v) is 3.67. The third kappa shape index (κ3) is 1.93. The van der Waals surface area contributed by atoms with Gasteiger partial charge in [0.05, 0.1) is 16.6 Å². The fourth-order valence-corrected chi connectivity index (χ4v) is 2.04. The molecule has 1 atom stereocenters. The van der Waals surface area contributed by atoms with Crippen LogP contribution in [-0.4, -0.2) is 22.8 Å². The number of hydrogen-bond acceptors (Lipinski definition) is 3. The molecule has 0 saturated heterocycles. The minimum Gasteiger partial charge on any atom is -0.340 e. The smallest absolute Gasteiger partial charge is 0.162 e. The van der Waals surface area contributed by atoms with Crippen LogP contribution in [0.1, 0.15) is 43.4 Å². The van der Waals surface area contributed by atoms with Crippen LogP contribution in [0.15, 0.2) is 18.2 Å². The first-order chi connectivity index (χ1) is 8.51. The van der Waals surface area contributed by atoms with Crippen molar-refractivity contribution in [2.45, 2.75) is 32.7 Å². The number of fused-ring (bicyclic) bond motifs is 1. The minimum absolute atomic E-state index is 0.0429. The predicted molar refractivity (Wildman–Crippen MR) is 72.8 cm³/mol. The monoisotopic (exact) mass is 245 g/mol. The summed E-state index contributed by atoms with van der Waals surface area (Å²) in [6.07, 6.45) is 0.915. The highest BCUT2D eigenvalue weighted by molar-refractivity contribution is 6.04. The molecule has 0 aliphatic carbocycles. The van der Waals surface area contributed by atoms with E-state index in [4.69, 9.17) is 0 Å². The Labute approximate surface area is 107 Å². The molecule has 2 aromatic rings. The quantitative estimate of drug-likeness (QED) is 0.814. The standard InChI is InChI=1S/C14H19N3O/c1-5-14(3,15-4)13-16-11-8-6-7-10(9(2)18)12(11)17-13/h6-8,15H,5H2,1-4H3,(H,16,17)/t14-/m1/s1. The maximum absolute atomic E-state index is 11.6. The average molecular weight is 245 g/mol. The van der Waals surface area contributed by atoms with Crippen LogP contribution >= 0.6 is 0 Å². The van der Waals surface area contributed by atoms with Gasteiger partial charge >= 0.3 is 0 Å². The summed E-state index contributed by atoms with van der Waals surface area (Å²) in [5.41, 5.74) is 2.14. The van der Waals surface area contributed by atoms with Gasteiger partial charge in [-0.15, -0.1) is 0 Å². The second kappa shape index (κ2) is 4.53. The van der Waals surface area contributed by atoms with E-state index < -0.39 is 0 Å². The minimum atomic E-state index is -0.201. The average Bonchev–Trinajstić information content (AvgIpc) is 2.81. The molecule has 4 heteroatoms. The lowest BCUT2D eigenvalue weighted by Crippen LogP contribution is -2.37. The number of para-hydroxylation sites is 1. The molecule has 0 spiro atoms. The number of hydrogen-bond donors (Lipinski definition) is 2. The second-order valence-electron chi connectivity index (χ2n) is 4.78. The molecule has 0 amide bonds. The first-order valence-corrected chi connectivity index (χ1v) is 6.21. The van der Waals surface area contributed by atoms with Crippen molar-refractivity contribution >= 4 is 16.8 Å². The Morgan fingerprint density at radius 3 is 2.78 bits per heavy atom. The number of benzene rings is 1. The number of aromatic nitrogens is 2. The summed E-state index contributed by atoms with van der Waals surface area (Å²) in [7, 11) is 1.92. The van der Waals surface area contributed by atoms with Crippen molar-refractivity contribution in [3.63, 3.8) is 0 Å². The highest BCUT2D eigenvalue weighted by Crippen LogP contribution is 2.25. The number of nitrogens with one attached hydrogen (secondary N) is 2. The van der Waals surface area contributed by atoms with Crippen molar-refractivity contribution < 1.29 is 4.79 Å². The summed E-state index contributed by atoms with van der Waals surface area (Å²) in [6.45, 7) is 5.77. The first-order valence-electron chi connectivity index (χ1n) is 6.21. The molecule has 1 heterocycles. The van der Waals surface area contributed by atoms with E-state index in [9.17, 15) is 4.79 Å². The van der Waals surface area contributed by atoms with E-state index in [0.717, 1.165) is 23.3 Å². The summed E-state index contributed by atoms with van der Waals surface area (Å²) < 4.78 is 0. The fraction of sp³-hybridized carbons (Fsp3) is 0.429. The molecule has 0 unspecified atom stereocenters. The van der Waals surface area contributed by atoms with Crippen LogP contribution in [0.3, 0.4) is 0 Å². The number of nitrogens with zero attached hydrogens (tertiary/aromatic N) is 1. The molecule has 0 aliphatic heterocycles. The van der Waals surface area contributed by atoms with E-state index in [-0.39, 0.29) is 11.3 Å². The van der Waals surface area contributed by atoms with Gasteiger partial charge in [-0.3, -0.25) is 4.79 Å². The molecule has 2 N–H and O–H groups in total. The summed E-state index contributed by atoms with van der Waals surface area (Å²) in [5, 5.41) is 3.28. The van der Waals surface area contributed by atoms with Gasteiger partial charge in [0.15, 0.2) is 5.78 Å². The Morgan fingerprint density at radius 2 is 2.22 bits per heavy atom. The van der Waals surface area contributed by atoms with Gasteiger partial charge in [0, 0.05) is 5.56 Å². The van der Waals surface area contributed by atoms with Gasteiger partial charge in [-0.25, -0.2) is 4.98 Å². The number of Topliss-reactive ketones (excluding diaryl/α,β-unsaturated/α-hetero) is 1. The van der Waals surface area contributed by atoms with E-state index in [1.807, 2.05) is 25.2 Å². The molecular formula is C14H19N3O. The molecule has 0 aliphatic rings. The Morgan fingerprint density at radius 1 is 1.50 bits per heavy atom. The molecule has 1 aromatic carbocycles. The van der Waals surface area contributed by atoms with Gasteiger partial charge in [0.2, 0.25) is 0 Å². The van der Waals surface area contributed by atoms with E-state index in [1.165, 1.54) is 0 Å². The molecule has 0 saturated carbocycles. The van der Waals surface area contributed by atoms with Gasteiger partial charge in [-0.2, -0.15) is 0 Å². The number of aromatic amines is 1. The molecule has 96 valence electrons. The van der Waals surface area contributed by atoms with Crippen molar-refractivity contribution in [3.05, 3.63) is 29.6 Å². The number of H-pyrrole nitrogens is 1. The number of ketones is 1. The van der Waals surface area contributed by atoms with Crippen LogP contribution in [0.5, 0.6) is 0 Å².